The summed E-state index contributed by atoms with van der Waals surface area (Å²) in [7, 11) is 0. The first-order valence-electron chi connectivity index (χ1n) is 26.9. The topological polar surface area (TPSA) is 26.6 Å². The molecule has 3 heterocycles. The Morgan fingerprint density at radius 2 is 0.782 bits per heavy atom. The Hall–Kier alpha value is -10.2. The van der Waals surface area contributed by atoms with Crippen LogP contribution in [0, 0.1) is 0 Å². The van der Waals surface area contributed by atoms with Gasteiger partial charge in [0.1, 0.15) is 23.0 Å². The second kappa shape index (κ2) is 16.2. The molecule has 0 saturated carbocycles. The van der Waals surface area contributed by atoms with Crippen LogP contribution in [0.5, 0.6) is 23.0 Å². The SMILES string of the molecule is c1ccc(-n2c3ccccc3c3ccc(-c4cccc(N(c5ccc6c(c5)-c5ccccc5C65c6ccccc6Oc6ccccc65)c5cccc6c5-c5ccccc5C65c6ccccc6Oc6ccccc65)c4)cc32)cc1. The third-order valence-corrected chi connectivity index (χ3v) is 17.3. The van der Waals surface area contributed by atoms with Crippen molar-refractivity contribution in [2.24, 2.45) is 0 Å². The second-order valence-corrected chi connectivity index (χ2v) is 21.0. The van der Waals surface area contributed by atoms with Crippen molar-refractivity contribution in [3.63, 3.8) is 0 Å². The van der Waals surface area contributed by atoms with Gasteiger partial charge in [0.25, 0.3) is 0 Å². The number of benzene rings is 12. The van der Waals surface area contributed by atoms with Crippen LogP contribution >= 0.6 is 0 Å². The van der Waals surface area contributed by atoms with Crippen molar-refractivity contribution in [2.45, 2.75) is 10.8 Å². The predicted octanol–water partition coefficient (Wildman–Crippen LogP) is 18.9. The van der Waals surface area contributed by atoms with Gasteiger partial charge in [0.05, 0.1) is 27.6 Å². The van der Waals surface area contributed by atoms with E-state index in [1.54, 1.807) is 0 Å². The van der Waals surface area contributed by atoms with Crippen molar-refractivity contribution in [1.82, 2.24) is 4.57 Å². The highest BCUT2D eigenvalue weighted by Crippen LogP contribution is 2.66. The highest BCUT2D eigenvalue weighted by Gasteiger charge is 2.53. The zero-order valence-corrected chi connectivity index (χ0v) is 42.3. The Balaban J connectivity index is 0.931. The molecule has 0 atom stereocenters. The molecule has 364 valence electrons. The Kier molecular flexibility index (Phi) is 8.94. The van der Waals surface area contributed by atoms with Gasteiger partial charge < -0.3 is 18.9 Å². The van der Waals surface area contributed by atoms with Crippen LogP contribution in [0.4, 0.5) is 17.1 Å². The van der Waals surface area contributed by atoms with Crippen molar-refractivity contribution in [1.29, 1.82) is 0 Å². The molecule has 0 N–H and O–H groups in total. The van der Waals surface area contributed by atoms with Crippen LogP contribution in [0.25, 0.3) is 60.9 Å². The number of aromatic nitrogens is 1. The Labute approximate surface area is 451 Å². The molecule has 0 unspecified atom stereocenters. The number of anilines is 3. The van der Waals surface area contributed by atoms with Gasteiger partial charge in [0.15, 0.2) is 0 Å². The average Bonchev–Trinajstić information content (AvgIpc) is 3.54. The van der Waals surface area contributed by atoms with Gasteiger partial charge in [0, 0.05) is 55.7 Å². The molecule has 0 bridgehead atoms. The van der Waals surface area contributed by atoms with Gasteiger partial charge >= 0.3 is 0 Å². The molecule has 0 fully saturated rings. The lowest BCUT2D eigenvalue weighted by Crippen LogP contribution is -2.32. The lowest BCUT2D eigenvalue weighted by Gasteiger charge is -2.39. The van der Waals surface area contributed by atoms with Crippen LogP contribution in [-0.4, -0.2) is 4.57 Å². The fourth-order valence-corrected chi connectivity index (χ4v) is 14.3. The maximum atomic E-state index is 6.79. The van der Waals surface area contributed by atoms with Crippen LogP contribution in [0.2, 0.25) is 0 Å². The van der Waals surface area contributed by atoms with Gasteiger partial charge in [0.2, 0.25) is 0 Å². The number of hydrogen-bond donors (Lipinski definition) is 0. The minimum absolute atomic E-state index is 0.593. The van der Waals surface area contributed by atoms with E-state index in [1.165, 1.54) is 66.3 Å². The van der Waals surface area contributed by atoms with Crippen molar-refractivity contribution < 1.29 is 9.47 Å². The van der Waals surface area contributed by atoms with E-state index in [0.717, 1.165) is 79.1 Å². The lowest BCUT2D eigenvalue weighted by molar-refractivity contribution is 0.436. The van der Waals surface area contributed by atoms with E-state index >= 15 is 0 Å². The van der Waals surface area contributed by atoms with Crippen LogP contribution < -0.4 is 14.4 Å². The van der Waals surface area contributed by atoms with E-state index in [2.05, 4.69) is 289 Å². The monoisotopic (exact) mass is 994 g/mol. The molecule has 2 aliphatic heterocycles. The predicted molar refractivity (Wildman–Crippen MR) is 316 cm³/mol. The van der Waals surface area contributed by atoms with E-state index in [9.17, 15) is 0 Å². The summed E-state index contributed by atoms with van der Waals surface area (Å²) < 4.78 is 15.9. The lowest BCUT2D eigenvalue weighted by atomic mass is 9.66. The molecule has 0 amide bonds. The van der Waals surface area contributed by atoms with Gasteiger partial charge in [-0.05, 0) is 129 Å². The first-order chi connectivity index (χ1) is 38.7. The van der Waals surface area contributed by atoms with Gasteiger partial charge in [-0.25, -0.2) is 0 Å². The number of nitrogens with zero attached hydrogens (tertiary/aromatic N) is 2. The average molecular weight is 995 g/mol. The zero-order valence-electron chi connectivity index (χ0n) is 42.3. The van der Waals surface area contributed by atoms with Gasteiger partial charge in [-0.3, -0.25) is 0 Å². The number of ether oxygens (including phenoxy) is 2. The van der Waals surface area contributed by atoms with Crippen LogP contribution in [0.3, 0.4) is 0 Å². The summed E-state index contributed by atoms with van der Waals surface area (Å²) in [6.07, 6.45) is 0. The number of rotatable bonds is 5. The first-order valence-corrected chi connectivity index (χ1v) is 26.9. The molecular formula is C74H46N2O2. The third-order valence-electron chi connectivity index (χ3n) is 17.3. The highest BCUT2D eigenvalue weighted by atomic mass is 16.5. The van der Waals surface area contributed by atoms with Crippen molar-refractivity contribution in [3.05, 3.63) is 324 Å². The summed E-state index contributed by atoms with van der Waals surface area (Å²) in [5, 5.41) is 2.46. The van der Waals surface area contributed by atoms with Crippen LogP contribution in [0.1, 0.15) is 44.5 Å². The van der Waals surface area contributed by atoms with E-state index in [1.807, 2.05) is 0 Å². The fourth-order valence-electron chi connectivity index (χ4n) is 14.3. The third kappa shape index (κ3) is 5.68. The molecule has 13 aromatic rings. The molecule has 2 aliphatic carbocycles. The summed E-state index contributed by atoms with van der Waals surface area (Å²) in [5.41, 5.74) is 22.1. The van der Waals surface area contributed by atoms with Crippen molar-refractivity contribution in [3.8, 4) is 62.1 Å². The van der Waals surface area contributed by atoms with Gasteiger partial charge in [-0.15, -0.1) is 0 Å². The summed E-state index contributed by atoms with van der Waals surface area (Å²) in [6.45, 7) is 0. The summed E-state index contributed by atoms with van der Waals surface area (Å²) in [6, 6.07) is 102. The molecule has 1 aromatic heterocycles. The quantitative estimate of drug-likeness (QED) is 0.172. The van der Waals surface area contributed by atoms with Crippen LogP contribution in [-0.2, 0) is 10.8 Å². The Morgan fingerprint density at radius 3 is 1.46 bits per heavy atom. The molecule has 0 radical (unpaired) electrons. The molecule has 4 nitrogen and oxygen atoms in total. The molecule has 78 heavy (non-hydrogen) atoms. The largest absolute Gasteiger partial charge is 0.457 e. The Bertz CT molecular complexity index is 4570. The molecular weight excluding hydrogens is 949 g/mol. The maximum Gasteiger partial charge on any atom is 0.132 e. The van der Waals surface area contributed by atoms with Gasteiger partial charge in [-0.2, -0.15) is 0 Å². The molecule has 0 saturated heterocycles. The minimum atomic E-state index is -0.638. The molecule has 4 aliphatic rings. The smallest absolute Gasteiger partial charge is 0.132 e. The summed E-state index contributed by atoms with van der Waals surface area (Å²) in [5.74, 6) is 3.51. The number of para-hydroxylation sites is 6. The molecule has 2 spiro atoms. The molecule has 17 rings (SSSR count). The van der Waals surface area contributed by atoms with Crippen LogP contribution in [0.15, 0.2) is 279 Å². The van der Waals surface area contributed by atoms with E-state index in [4.69, 9.17) is 9.47 Å². The maximum absolute atomic E-state index is 6.79. The highest BCUT2D eigenvalue weighted by molar-refractivity contribution is 6.10. The fraction of sp³-hybridized carbons (Fsp3) is 0.0270. The normalized spacial score (nSPS) is 14.1. The van der Waals surface area contributed by atoms with Gasteiger partial charge in [-0.1, -0.05) is 200 Å². The van der Waals surface area contributed by atoms with E-state index in [-0.39, 0.29) is 0 Å². The first kappa shape index (κ1) is 43.1. The van der Waals surface area contributed by atoms with E-state index < -0.39 is 10.8 Å². The standard InChI is InChI=1S/C74H46N2O2/c1-2-21-49(22-3-1)76-65-34-13-6-25-53(65)54-42-40-48(45-67(54)76)47-20-18-23-50(44-47)75(51-41-43-59-56(46-51)52-24-4-7-27-57(52)73(59)60-29-9-14-36-68(60)77-69-37-15-10-30-61(69)73)66-35-19-33-64-72(66)55-26-5-8-28-58(55)74(64)62-31-11-16-38-70(62)78-71-39-17-12-32-63(71)74/h1-46H. The van der Waals surface area contributed by atoms with E-state index in [0.29, 0.717) is 0 Å². The number of fused-ring (bicyclic) bond motifs is 21. The van der Waals surface area contributed by atoms with Crippen molar-refractivity contribution >= 4 is 38.9 Å². The zero-order chi connectivity index (χ0) is 51.1. The summed E-state index contributed by atoms with van der Waals surface area (Å²) in [4.78, 5) is 2.52. The molecule has 12 aromatic carbocycles. The molecule has 4 heteroatoms. The second-order valence-electron chi connectivity index (χ2n) is 21.0. The number of hydrogen-bond acceptors (Lipinski definition) is 3. The van der Waals surface area contributed by atoms with Crippen molar-refractivity contribution in [2.75, 3.05) is 4.90 Å². The Morgan fingerprint density at radius 1 is 0.295 bits per heavy atom. The minimum Gasteiger partial charge on any atom is -0.457 e. The summed E-state index contributed by atoms with van der Waals surface area (Å²) >= 11 is 0.